The molecule has 0 unspecified atom stereocenters. The van der Waals surface area contributed by atoms with E-state index in [1.165, 1.54) is 12.3 Å². The second kappa shape index (κ2) is 4.37. The van der Waals surface area contributed by atoms with Crippen LogP contribution in [0.1, 0.15) is 21.9 Å². The van der Waals surface area contributed by atoms with Crippen molar-refractivity contribution in [3.8, 4) is 0 Å². The van der Waals surface area contributed by atoms with Gasteiger partial charge in [-0.15, -0.1) is 0 Å². The zero-order chi connectivity index (χ0) is 12.4. The van der Waals surface area contributed by atoms with E-state index in [2.05, 4.69) is 9.97 Å². The molecule has 0 amide bonds. The fourth-order valence-electron chi connectivity index (χ4n) is 1.42. The molecule has 0 spiro atoms. The van der Waals surface area contributed by atoms with Crippen molar-refractivity contribution in [2.45, 2.75) is 6.92 Å². The molecule has 2 rings (SSSR count). The van der Waals surface area contributed by atoms with E-state index in [-0.39, 0.29) is 11.3 Å². The molecule has 0 fully saturated rings. The standard InChI is InChI=1S/C12H8F2N2O/c1-7-15-3-2-11(16-7)12(17)8-4-9(13)6-10(14)5-8/h2-6H,1H3. The van der Waals surface area contributed by atoms with Gasteiger partial charge in [0.1, 0.15) is 23.2 Å². The Labute approximate surface area is 96.2 Å². The number of carbonyl (C=O) groups excluding carboxylic acids is 1. The van der Waals surface area contributed by atoms with Crippen LogP contribution in [0.2, 0.25) is 0 Å². The number of rotatable bonds is 2. The summed E-state index contributed by atoms with van der Waals surface area (Å²) in [6.07, 6.45) is 1.42. The Balaban J connectivity index is 2.43. The molecule has 0 aliphatic heterocycles. The monoisotopic (exact) mass is 234 g/mol. The maximum Gasteiger partial charge on any atom is 0.211 e. The van der Waals surface area contributed by atoms with Crippen molar-refractivity contribution in [3.05, 3.63) is 59.2 Å². The molecule has 0 aliphatic carbocycles. The average Bonchev–Trinajstić information content (AvgIpc) is 2.26. The molecule has 86 valence electrons. The van der Waals surface area contributed by atoms with E-state index >= 15 is 0 Å². The van der Waals surface area contributed by atoms with Gasteiger partial charge in [0.15, 0.2) is 0 Å². The fourth-order valence-corrected chi connectivity index (χ4v) is 1.42. The normalized spacial score (nSPS) is 10.3. The Hall–Kier alpha value is -2.17. The molecular weight excluding hydrogens is 226 g/mol. The number of hydrogen-bond acceptors (Lipinski definition) is 3. The van der Waals surface area contributed by atoms with Crippen LogP contribution in [0.4, 0.5) is 8.78 Å². The molecule has 0 saturated heterocycles. The third-order valence-electron chi connectivity index (χ3n) is 2.13. The summed E-state index contributed by atoms with van der Waals surface area (Å²) in [5.41, 5.74) is 0.0445. The number of nitrogens with zero attached hydrogens (tertiary/aromatic N) is 2. The van der Waals surface area contributed by atoms with E-state index in [1.54, 1.807) is 6.92 Å². The number of aromatic nitrogens is 2. The minimum absolute atomic E-state index is 0.0689. The zero-order valence-electron chi connectivity index (χ0n) is 8.95. The summed E-state index contributed by atoms with van der Waals surface area (Å²) in [6, 6.07) is 4.06. The molecule has 5 heteroatoms. The minimum Gasteiger partial charge on any atom is -0.287 e. The first-order valence-corrected chi connectivity index (χ1v) is 4.87. The van der Waals surface area contributed by atoms with Gasteiger partial charge >= 0.3 is 0 Å². The summed E-state index contributed by atoms with van der Waals surface area (Å²) in [4.78, 5) is 19.6. The van der Waals surface area contributed by atoms with Crippen LogP contribution in [0.25, 0.3) is 0 Å². The molecule has 1 aromatic carbocycles. The molecule has 1 aromatic heterocycles. The lowest BCUT2D eigenvalue weighted by molar-refractivity contribution is 0.103. The number of carbonyl (C=O) groups is 1. The number of benzene rings is 1. The predicted molar refractivity (Wildman–Crippen MR) is 56.6 cm³/mol. The first-order chi connectivity index (χ1) is 8.06. The lowest BCUT2D eigenvalue weighted by Crippen LogP contribution is -2.06. The van der Waals surface area contributed by atoms with Crippen molar-refractivity contribution in [3.63, 3.8) is 0 Å². The van der Waals surface area contributed by atoms with Crippen LogP contribution in [-0.4, -0.2) is 15.8 Å². The molecule has 1 heterocycles. The Morgan fingerprint density at radius 3 is 2.41 bits per heavy atom. The highest BCUT2D eigenvalue weighted by atomic mass is 19.1. The Bertz CT molecular complexity index is 564. The highest BCUT2D eigenvalue weighted by Crippen LogP contribution is 2.12. The molecule has 3 nitrogen and oxygen atoms in total. The number of aryl methyl sites for hydroxylation is 1. The van der Waals surface area contributed by atoms with Gasteiger partial charge in [0, 0.05) is 17.8 Å². The highest BCUT2D eigenvalue weighted by molar-refractivity contribution is 6.07. The van der Waals surface area contributed by atoms with E-state index in [9.17, 15) is 13.6 Å². The maximum atomic E-state index is 13.0. The summed E-state index contributed by atoms with van der Waals surface area (Å²) in [7, 11) is 0. The third kappa shape index (κ3) is 2.50. The van der Waals surface area contributed by atoms with Crippen molar-refractivity contribution >= 4 is 5.78 Å². The highest BCUT2D eigenvalue weighted by Gasteiger charge is 2.13. The summed E-state index contributed by atoms with van der Waals surface area (Å²) in [5.74, 6) is -1.69. The first-order valence-electron chi connectivity index (χ1n) is 4.87. The lowest BCUT2D eigenvalue weighted by atomic mass is 10.1. The summed E-state index contributed by atoms with van der Waals surface area (Å²) in [5, 5.41) is 0. The van der Waals surface area contributed by atoms with E-state index in [4.69, 9.17) is 0 Å². The smallest absolute Gasteiger partial charge is 0.211 e. The van der Waals surface area contributed by atoms with Gasteiger partial charge in [-0.25, -0.2) is 18.7 Å². The third-order valence-corrected chi connectivity index (χ3v) is 2.13. The van der Waals surface area contributed by atoms with Gasteiger partial charge in [-0.05, 0) is 25.1 Å². The summed E-state index contributed by atoms with van der Waals surface area (Å²) < 4.78 is 25.9. The van der Waals surface area contributed by atoms with Gasteiger partial charge in [0.2, 0.25) is 5.78 Å². The number of ketones is 1. The fraction of sp³-hybridized carbons (Fsp3) is 0.0833. The van der Waals surface area contributed by atoms with Gasteiger partial charge < -0.3 is 0 Å². The molecular formula is C12H8F2N2O. The molecule has 17 heavy (non-hydrogen) atoms. The van der Waals surface area contributed by atoms with Crippen molar-refractivity contribution in [2.75, 3.05) is 0 Å². The van der Waals surface area contributed by atoms with Gasteiger partial charge in [-0.2, -0.15) is 0 Å². The maximum absolute atomic E-state index is 13.0. The molecule has 0 radical (unpaired) electrons. The molecule has 0 aliphatic rings. The van der Waals surface area contributed by atoms with Crippen molar-refractivity contribution < 1.29 is 13.6 Å². The van der Waals surface area contributed by atoms with Crippen molar-refractivity contribution in [1.29, 1.82) is 0 Å². The van der Waals surface area contributed by atoms with Crippen molar-refractivity contribution in [2.24, 2.45) is 0 Å². The summed E-state index contributed by atoms with van der Waals surface area (Å²) in [6.45, 7) is 1.63. The first kappa shape index (κ1) is 11.3. The average molecular weight is 234 g/mol. The van der Waals surface area contributed by atoms with E-state index in [1.807, 2.05) is 0 Å². The molecule has 0 atom stereocenters. The summed E-state index contributed by atoms with van der Waals surface area (Å²) >= 11 is 0. The van der Waals surface area contributed by atoms with Gasteiger partial charge in [0.05, 0.1) is 0 Å². The van der Waals surface area contributed by atoms with Crippen LogP contribution in [-0.2, 0) is 0 Å². The van der Waals surface area contributed by atoms with Crippen LogP contribution >= 0.6 is 0 Å². The van der Waals surface area contributed by atoms with Crippen LogP contribution in [0, 0.1) is 18.6 Å². The van der Waals surface area contributed by atoms with E-state index < -0.39 is 17.4 Å². The van der Waals surface area contributed by atoms with Crippen molar-refractivity contribution in [1.82, 2.24) is 9.97 Å². The minimum atomic E-state index is -0.792. The van der Waals surface area contributed by atoms with Crippen LogP contribution in [0.5, 0.6) is 0 Å². The SMILES string of the molecule is Cc1nccc(C(=O)c2cc(F)cc(F)c2)n1. The second-order valence-corrected chi connectivity index (χ2v) is 3.48. The topological polar surface area (TPSA) is 42.9 Å². The molecule has 0 N–H and O–H groups in total. The van der Waals surface area contributed by atoms with E-state index in [0.29, 0.717) is 11.9 Å². The predicted octanol–water partition coefficient (Wildman–Crippen LogP) is 2.29. The molecule has 0 bridgehead atoms. The van der Waals surface area contributed by atoms with Gasteiger partial charge in [0.25, 0.3) is 0 Å². The Morgan fingerprint density at radius 1 is 1.18 bits per heavy atom. The number of halogens is 2. The number of hydrogen-bond donors (Lipinski definition) is 0. The van der Waals surface area contributed by atoms with Crippen LogP contribution in [0.15, 0.2) is 30.5 Å². The molecule has 2 aromatic rings. The molecule has 0 saturated carbocycles. The second-order valence-electron chi connectivity index (χ2n) is 3.48. The van der Waals surface area contributed by atoms with Gasteiger partial charge in [-0.3, -0.25) is 4.79 Å². The lowest BCUT2D eigenvalue weighted by Gasteiger charge is -2.01. The van der Waals surface area contributed by atoms with Gasteiger partial charge in [-0.1, -0.05) is 0 Å². The largest absolute Gasteiger partial charge is 0.287 e. The van der Waals surface area contributed by atoms with Crippen LogP contribution < -0.4 is 0 Å². The zero-order valence-corrected chi connectivity index (χ0v) is 8.95. The van der Waals surface area contributed by atoms with Crippen LogP contribution in [0.3, 0.4) is 0 Å². The van der Waals surface area contributed by atoms with E-state index in [0.717, 1.165) is 12.1 Å². The Kier molecular flexibility index (Phi) is 2.91. The Morgan fingerprint density at radius 2 is 1.82 bits per heavy atom. The quantitative estimate of drug-likeness (QED) is 0.749.